The quantitative estimate of drug-likeness (QED) is 0.616. The van der Waals surface area contributed by atoms with Crippen LogP contribution in [0.1, 0.15) is 33.6 Å². The lowest BCUT2D eigenvalue weighted by Crippen LogP contribution is -2.58. The minimum absolute atomic E-state index is 0.0172. The first-order valence-electron chi connectivity index (χ1n) is 7.17. The molecule has 2 bridgehead atoms. The van der Waals surface area contributed by atoms with E-state index in [0.29, 0.717) is 19.4 Å². The van der Waals surface area contributed by atoms with Gasteiger partial charge in [0.25, 0.3) is 0 Å². The van der Waals surface area contributed by atoms with Crippen molar-refractivity contribution in [1.29, 1.82) is 0 Å². The molecule has 1 amide bonds. The molecule has 4 heterocycles. The largest absolute Gasteiger partial charge is 0.444 e. The summed E-state index contributed by atoms with van der Waals surface area (Å²) in [6.07, 6.45) is 0.493. The maximum atomic E-state index is 12.4. The maximum absolute atomic E-state index is 12.4. The molecular weight excluding hydrogens is 262 g/mol. The van der Waals surface area contributed by atoms with Gasteiger partial charge in [0.1, 0.15) is 29.5 Å². The lowest BCUT2D eigenvalue weighted by Gasteiger charge is -2.39. The number of epoxide rings is 1. The van der Waals surface area contributed by atoms with Crippen LogP contribution in [0.25, 0.3) is 0 Å². The first kappa shape index (κ1) is 12.6. The van der Waals surface area contributed by atoms with E-state index in [9.17, 15) is 9.59 Å². The van der Waals surface area contributed by atoms with E-state index in [2.05, 4.69) is 0 Å². The van der Waals surface area contributed by atoms with E-state index in [1.54, 1.807) is 0 Å². The Hall–Kier alpha value is -1.14. The zero-order valence-corrected chi connectivity index (χ0v) is 11.9. The second kappa shape index (κ2) is 3.54. The molecule has 0 aromatic heterocycles. The highest BCUT2D eigenvalue weighted by Gasteiger charge is 2.76. The Kier molecular flexibility index (Phi) is 2.23. The van der Waals surface area contributed by atoms with Crippen molar-refractivity contribution in [2.24, 2.45) is 0 Å². The van der Waals surface area contributed by atoms with Gasteiger partial charge in [-0.2, -0.15) is 0 Å². The van der Waals surface area contributed by atoms with Gasteiger partial charge >= 0.3 is 6.09 Å². The second-order valence-electron chi connectivity index (χ2n) is 7.13. The Morgan fingerprint density at radius 2 is 2.20 bits per heavy atom. The third-order valence-electron chi connectivity index (χ3n) is 4.60. The van der Waals surface area contributed by atoms with Crippen molar-refractivity contribution >= 4 is 11.9 Å². The zero-order valence-electron chi connectivity index (χ0n) is 11.9. The van der Waals surface area contributed by atoms with E-state index in [1.807, 2.05) is 20.8 Å². The first-order valence-corrected chi connectivity index (χ1v) is 7.17. The Balaban J connectivity index is 1.62. The van der Waals surface area contributed by atoms with E-state index in [1.165, 1.54) is 4.90 Å². The molecule has 0 radical (unpaired) electrons. The number of rotatable bonds is 0. The van der Waals surface area contributed by atoms with Crippen LogP contribution >= 0.6 is 0 Å². The van der Waals surface area contributed by atoms with E-state index in [0.717, 1.165) is 0 Å². The molecule has 0 aromatic carbocycles. The molecule has 5 atom stereocenters. The normalized spacial score (nSPS) is 45.1. The summed E-state index contributed by atoms with van der Waals surface area (Å²) in [5.74, 6) is 0.0837. The van der Waals surface area contributed by atoms with E-state index in [4.69, 9.17) is 14.2 Å². The highest BCUT2D eigenvalue weighted by molar-refractivity contribution is 5.91. The minimum Gasteiger partial charge on any atom is -0.444 e. The molecule has 0 saturated carbocycles. The van der Waals surface area contributed by atoms with Crippen molar-refractivity contribution < 1.29 is 23.8 Å². The van der Waals surface area contributed by atoms with Crippen LogP contribution < -0.4 is 0 Å². The van der Waals surface area contributed by atoms with Crippen LogP contribution in [0, 0.1) is 0 Å². The van der Waals surface area contributed by atoms with Crippen molar-refractivity contribution in [3.63, 3.8) is 0 Å². The summed E-state index contributed by atoms with van der Waals surface area (Å²) >= 11 is 0. The SMILES string of the molecule is CC(C)(C)OC(=O)N1CC[C@@]23O[C@@H](CC(=O)[C@@H]12)[C@@H]1O[C@@H]13. The lowest BCUT2D eigenvalue weighted by molar-refractivity contribution is -0.166. The second-order valence-corrected chi connectivity index (χ2v) is 7.13. The van der Waals surface area contributed by atoms with E-state index >= 15 is 0 Å². The van der Waals surface area contributed by atoms with Crippen molar-refractivity contribution in [3.8, 4) is 0 Å². The molecule has 0 unspecified atom stereocenters. The number of fused-ring (bicyclic) bond motifs is 3. The van der Waals surface area contributed by atoms with Gasteiger partial charge in [0, 0.05) is 13.0 Å². The van der Waals surface area contributed by atoms with Crippen molar-refractivity contribution in [1.82, 2.24) is 4.90 Å². The molecular formula is C14H19NO5. The number of hydrogen-bond donors (Lipinski definition) is 0. The Bertz CT molecular complexity index is 498. The molecule has 0 N–H and O–H groups in total. The molecule has 4 fully saturated rings. The van der Waals surface area contributed by atoms with Crippen molar-refractivity contribution in [2.75, 3.05) is 6.54 Å². The van der Waals surface area contributed by atoms with E-state index in [-0.39, 0.29) is 24.1 Å². The average Bonchev–Trinajstić information content (AvgIpc) is 2.97. The van der Waals surface area contributed by atoms with Crippen LogP contribution in [0.5, 0.6) is 0 Å². The van der Waals surface area contributed by atoms with Gasteiger partial charge in [-0.15, -0.1) is 0 Å². The fourth-order valence-corrected chi connectivity index (χ4v) is 3.89. The van der Waals surface area contributed by atoms with Gasteiger partial charge in [0.2, 0.25) is 0 Å². The standard InChI is InChI=1S/C14H19NO5/c1-13(2,3)20-12(17)15-5-4-14-10(15)7(16)6-8(19-14)9-11(14)18-9/h8-11H,4-6H2,1-3H3/t8-,9-,10+,11-,14+/m0/s1. The number of carbonyl (C=O) groups is 2. The highest BCUT2D eigenvalue weighted by Crippen LogP contribution is 2.57. The summed E-state index contributed by atoms with van der Waals surface area (Å²) in [6.45, 7) is 5.95. The maximum Gasteiger partial charge on any atom is 0.411 e. The molecule has 4 rings (SSSR count). The van der Waals surface area contributed by atoms with Crippen LogP contribution in [-0.4, -0.2) is 58.9 Å². The summed E-state index contributed by atoms with van der Waals surface area (Å²) in [5, 5.41) is 0. The lowest BCUT2D eigenvalue weighted by atomic mass is 9.88. The predicted molar refractivity (Wildman–Crippen MR) is 67.2 cm³/mol. The number of Topliss-reactive ketones (excluding diaryl/α,β-unsaturated/α-hetero) is 1. The average molecular weight is 281 g/mol. The number of ketones is 1. The van der Waals surface area contributed by atoms with Crippen LogP contribution in [0.15, 0.2) is 0 Å². The fourth-order valence-electron chi connectivity index (χ4n) is 3.89. The van der Waals surface area contributed by atoms with Crippen molar-refractivity contribution in [3.05, 3.63) is 0 Å². The van der Waals surface area contributed by atoms with Crippen LogP contribution in [0.4, 0.5) is 4.79 Å². The molecule has 0 aliphatic carbocycles. The molecule has 1 spiro atoms. The highest BCUT2D eigenvalue weighted by atomic mass is 16.7. The number of likely N-dealkylation sites (tertiary alicyclic amines) is 1. The Labute approximate surface area is 117 Å². The van der Waals surface area contributed by atoms with Crippen LogP contribution in [-0.2, 0) is 19.0 Å². The third kappa shape index (κ3) is 1.52. The molecule has 110 valence electrons. The van der Waals surface area contributed by atoms with Gasteiger partial charge in [-0.25, -0.2) is 4.79 Å². The number of hydrogen-bond acceptors (Lipinski definition) is 5. The van der Waals surface area contributed by atoms with Gasteiger partial charge in [0.15, 0.2) is 5.78 Å². The summed E-state index contributed by atoms with van der Waals surface area (Å²) in [4.78, 5) is 26.2. The summed E-state index contributed by atoms with van der Waals surface area (Å²) in [5.41, 5.74) is -1.18. The Morgan fingerprint density at radius 1 is 1.45 bits per heavy atom. The first-order chi connectivity index (χ1) is 9.32. The molecule has 4 aliphatic rings. The summed E-state index contributed by atoms with van der Waals surface area (Å²) in [7, 11) is 0. The monoisotopic (exact) mass is 281 g/mol. The minimum atomic E-state index is -0.610. The third-order valence-corrected chi connectivity index (χ3v) is 4.60. The number of carbonyl (C=O) groups excluding carboxylic acids is 2. The molecule has 4 aliphatic heterocycles. The van der Waals surface area contributed by atoms with E-state index < -0.39 is 23.3 Å². The van der Waals surface area contributed by atoms with Crippen LogP contribution in [0.2, 0.25) is 0 Å². The summed E-state index contributed by atoms with van der Waals surface area (Å²) in [6, 6.07) is -0.536. The van der Waals surface area contributed by atoms with Gasteiger partial charge in [-0.3, -0.25) is 9.69 Å². The summed E-state index contributed by atoms with van der Waals surface area (Å²) < 4.78 is 17.1. The number of nitrogens with zero attached hydrogens (tertiary/aromatic N) is 1. The fraction of sp³-hybridized carbons (Fsp3) is 0.857. The molecule has 6 nitrogen and oxygen atoms in total. The Morgan fingerprint density at radius 3 is 2.90 bits per heavy atom. The number of amides is 1. The van der Waals surface area contributed by atoms with Crippen LogP contribution in [0.3, 0.4) is 0 Å². The molecule has 20 heavy (non-hydrogen) atoms. The van der Waals surface area contributed by atoms with Crippen molar-refractivity contribution in [2.45, 2.75) is 69.2 Å². The zero-order chi connectivity index (χ0) is 14.3. The van der Waals surface area contributed by atoms with Gasteiger partial charge in [-0.1, -0.05) is 0 Å². The number of ether oxygens (including phenoxy) is 3. The topological polar surface area (TPSA) is 68.4 Å². The predicted octanol–water partition coefficient (Wildman–Crippen LogP) is 0.874. The smallest absolute Gasteiger partial charge is 0.411 e. The van der Waals surface area contributed by atoms with Gasteiger partial charge in [-0.05, 0) is 27.2 Å². The van der Waals surface area contributed by atoms with Gasteiger partial charge in [0.05, 0.1) is 6.10 Å². The van der Waals surface area contributed by atoms with Gasteiger partial charge < -0.3 is 14.2 Å². The molecule has 6 heteroatoms. The molecule has 4 saturated heterocycles. The molecule has 0 aromatic rings.